The molecule has 2 bridgehead atoms. The van der Waals surface area contributed by atoms with E-state index < -0.39 is 12.1 Å². The summed E-state index contributed by atoms with van der Waals surface area (Å²) >= 11 is 0. The maximum Gasteiger partial charge on any atom is 0.338 e. The van der Waals surface area contributed by atoms with E-state index in [4.69, 9.17) is 9.47 Å². The first kappa shape index (κ1) is 20.1. The van der Waals surface area contributed by atoms with E-state index in [1.54, 1.807) is 31.3 Å². The summed E-state index contributed by atoms with van der Waals surface area (Å²) in [6, 6.07) is 7.05. The molecule has 3 N–H and O–H groups in total. The molecule has 3 rings (SSSR count). The smallest absolute Gasteiger partial charge is 0.338 e. The van der Waals surface area contributed by atoms with E-state index in [1.165, 1.54) is 11.9 Å². The zero-order chi connectivity index (χ0) is 20.3. The van der Waals surface area contributed by atoms with Crippen LogP contribution in [-0.4, -0.2) is 63.7 Å². The number of benzene rings is 1. The Kier molecular flexibility index (Phi) is 6.18. The fourth-order valence-corrected chi connectivity index (χ4v) is 4.34. The molecule has 8 heteroatoms. The van der Waals surface area contributed by atoms with Gasteiger partial charge in [-0.3, -0.25) is 9.59 Å². The van der Waals surface area contributed by atoms with Crippen molar-refractivity contribution < 1.29 is 28.8 Å². The third-order valence-electron chi connectivity index (χ3n) is 5.95. The number of fused-ring (bicyclic) bond motifs is 2. The molecule has 0 radical (unpaired) electrons. The number of quaternary nitrogens is 1. The van der Waals surface area contributed by atoms with Crippen molar-refractivity contribution in [2.75, 3.05) is 27.7 Å². The molecule has 1 aromatic rings. The Hall–Kier alpha value is -2.61. The standard InChI is InChI=1S/C20H27N3O5/c1-21-17(24)11-27-14-7-4-12(5-8-14)20(26)28-16-10-13-6-9-15(23(13)3)18(16)19(25)22-2/h4-5,7-8,13,15-16,18H,6,9-11H2,1-3H3,(H,21,24)(H,22,25)/p+1/t13?,15?,16?,18-/m1/s1. The molecule has 2 aliphatic rings. The highest BCUT2D eigenvalue weighted by atomic mass is 16.5. The lowest BCUT2D eigenvalue weighted by atomic mass is 9.86. The van der Waals surface area contributed by atoms with E-state index in [0.29, 0.717) is 23.8 Å². The molecule has 2 aliphatic heterocycles. The highest BCUT2D eigenvalue weighted by Gasteiger charge is 2.53. The molecule has 0 aliphatic carbocycles. The van der Waals surface area contributed by atoms with Gasteiger partial charge in [0.15, 0.2) is 6.61 Å². The van der Waals surface area contributed by atoms with E-state index >= 15 is 0 Å². The zero-order valence-electron chi connectivity index (χ0n) is 16.5. The van der Waals surface area contributed by atoms with Gasteiger partial charge in [0.1, 0.15) is 23.8 Å². The number of carbonyl (C=O) groups excluding carboxylic acids is 3. The average Bonchev–Trinajstić information content (AvgIpc) is 2.95. The van der Waals surface area contributed by atoms with Gasteiger partial charge in [-0.05, 0) is 24.3 Å². The van der Waals surface area contributed by atoms with Gasteiger partial charge in [-0.25, -0.2) is 4.79 Å². The minimum atomic E-state index is -0.448. The third kappa shape index (κ3) is 4.11. The molecule has 2 saturated heterocycles. The number of nitrogens with one attached hydrogen (secondary N) is 3. The van der Waals surface area contributed by atoms with Crippen molar-refractivity contribution in [2.24, 2.45) is 5.92 Å². The molecular weight excluding hydrogens is 362 g/mol. The number of carbonyl (C=O) groups is 3. The van der Waals surface area contributed by atoms with Crippen LogP contribution in [0.5, 0.6) is 5.75 Å². The van der Waals surface area contributed by atoms with E-state index in [-0.39, 0.29) is 30.4 Å². The van der Waals surface area contributed by atoms with Crippen LogP contribution in [0.4, 0.5) is 0 Å². The molecule has 0 aromatic heterocycles. The maximum atomic E-state index is 12.6. The zero-order valence-corrected chi connectivity index (χ0v) is 16.5. The molecule has 8 nitrogen and oxygen atoms in total. The lowest BCUT2D eigenvalue weighted by molar-refractivity contribution is -0.926. The fourth-order valence-electron chi connectivity index (χ4n) is 4.34. The molecule has 2 fully saturated rings. The van der Waals surface area contributed by atoms with Gasteiger partial charge < -0.3 is 25.0 Å². The number of hydrogen-bond acceptors (Lipinski definition) is 5. The number of ether oxygens (including phenoxy) is 2. The molecule has 0 saturated carbocycles. The van der Waals surface area contributed by atoms with Crippen molar-refractivity contribution in [2.45, 2.75) is 37.5 Å². The van der Waals surface area contributed by atoms with Crippen LogP contribution in [0.2, 0.25) is 0 Å². The Bertz CT molecular complexity index is 736. The molecule has 0 spiro atoms. The van der Waals surface area contributed by atoms with Gasteiger partial charge in [-0.1, -0.05) is 0 Å². The average molecular weight is 390 g/mol. The summed E-state index contributed by atoms with van der Waals surface area (Å²) in [6.07, 6.45) is 2.30. The Labute approximate surface area is 164 Å². The Morgan fingerprint density at radius 3 is 2.46 bits per heavy atom. The van der Waals surface area contributed by atoms with Gasteiger partial charge in [0, 0.05) is 33.4 Å². The number of piperidine rings is 1. The summed E-state index contributed by atoms with van der Waals surface area (Å²) in [5.41, 5.74) is 0.390. The van der Waals surface area contributed by atoms with Crippen molar-refractivity contribution in [3.05, 3.63) is 29.8 Å². The van der Waals surface area contributed by atoms with Crippen LogP contribution < -0.4 is 20.3 Å². The summed E-state index contributed by atoms with van der Waals surface area (Å²) in [7, 11) is 5.27. The molecule has 5 atom stereocenters. The Morgan fingerprint density at radius 1 is 1.11 bits per heavy atom. The summed E-state index contributed by atoms with van der Waals surface area (Å²) in [6.45, 7) is -0.0885. The second kappa shape index (κ2) is 8.60. The molecule has 1 aromatic carbocycles. The third-order valence-corrected chi connectivity index (χ3v) is 5.95. The lowest BCUT2D eigenvalue weighted by Crippen LogP contribution is -3.17. The van der Waals surface area contributed by atoms with Crippen LogP contribution in [0.3, 0.4) is 0 Å². The molecule has 4 unspecified atom stereocenters. The first-order chi connectivity index (χ1) is 13.4. The Morgan fingerprint density at radius 2 is 1.82 bits per heavy atom. The van der Waals surface area contributed by atoms with Gasteiger partial charge in [0.05, 0.1) is 18.7 Å². The van der Waals surface area contributed by atoms with Crippen LogP contribution in [0.25, 0.3) is 0 Å². The summed E-state index contributed by atoms with van der Waals surface area (Å²) in [5, 5.41) is 5.19. The van der Waals surface area contributed by atoms with Crippen LogP contribution in [-0.2, 0) is 14.3 Å². The first-order valence-electron chi connectivity index (χ1n) is 9.64. The van der Waals surface area contributed by atoms with Crippen molar-refractivity contribution in [3.8, 4) is 5.75 Å². The Balaban J connectivity index is 1.66. The number of amides is 2. The summed E-state index contributed by atoms with van der Waals surface area (Å²) in [5.74, 6) is -0.592. The van der Waals surface area contributed by atoms with Crippen molar-refractivity contribution in [1.29, 1.82) is 0 Å². The fraction of sp³-hybridized carbons (Fsp3) is 0.550. The minimum absolute atomic E-state index is 0.0690. The summed E-state index contributed by atoms with van der Waals surface area (Å²) < 4.78 is 11.1. The predicted molar refractivity (Wildman–Crippen MR) is 101 cm³/mol. The van der Waals surface area contributed by atoms with Crippen molar-refractivity contribution in [3.63, 3.8) is 0 Å². The highest BCUT2D eigenvalue weighted by Crippen LogP contribution is 2.30. The van der Waals surface area contributed by atoms with Gasteiger partial charge in [0.25, 0.3) is 5.91 Å². The van der Waals surface area contributed by atoms with E-state index in [2.05, 4.69) is 17.7 Å². The van der Waals surface area contributed by atoms with Crippen LogP contribution in [0.15, 0.2) is 24.3 Å². The van der Waals surface area contributed by atoms with Crippen LogP contribution in [0.1, 0.15) is 29.6 Å². The van der Waals surface area contributed by atoms with Crippen molar-refractivity contribution in [1.82, 2.24) is 10.6 Å². The van der Waals surface area contributed by atoms with Crippen molar-refractivity contribution >= 4 is 17.8 Å². The maximum absolute atomic E-state index is 12.6. The van der Waals surface area contributed by atoms with E-state index in [1.807, 2.05) is 0 Å². The number of rotatable bonds is 6. The highest BCUT2D eigenvalue weighted by molar-refractivity contribution is 5.90. The second-order valence-electron chi connectivity index (χ2n) is 7.43. The largest absolute Gasteiger partial charge is 0.484 e. The molecular formula is C20H28N3O5+. The summed E-state index contributed by atoms with van der Waals surface area (Å²) in [4.78, 5) is 37.7. The number of esters is 1. The van der Waals surface area contributed by atoms with Crippen LogP contribution in [0, 0.1) is 5.92 Å². The molecule has 2 heterocycles. The first-order valence-corrected chi connectivity index (χ1v) is 9.64. The SMILES string of the molecule is CNC(=O)COc1ccc(C(=O)OC2CC3CCC([C@H]2C(=O)NC)[NH+]3C)cc1. The second-order valence-corrected chi connectivity index (χ2v) is 7.43. The minimum Gasteiger partial charge on any atom is -0.484 e. The quantitative estimate of drug-likeness (QED) is 0.550. The van der Waals surface area contributed by atoms with Gasteiger partial charge in [0.2, 0.25) is 5.91 Å². The molecule has 28 heavy (non-hydrogen) atoms. The normalized spacial score (nSPS) is 28.3. The van der Waals surface area contributed by atoms with Gasteiger partial charge in [-0.2, -0.15) is 0 Å². The van der Waals surface area contributed by atoms with Crippen LogP contribution >= 0.6 is 0 Å². The van der Waals surface area contributed by atoms with Gasteiger partial charge >= 0.3 is 5.97 Å². The number of hydrogen-bond donors (Lipinski definition) is 3. The van der Waals surface area contributed by atoms with E-state index in [9.17, 15) is 14.4 Å². The monoisotopic (exact) mass is 390 g/mol. The topological polar surface area (TPSA) is 98.2 Å². The lowest BCUT2D eigenvalue weighted by Gasteiger charge is -2.38. The van der Waals surface area contributed by atoms with Gasteiger partial charge in [-0.15, -0.1) is 0 Å². The molecule has 152 valence electrons. The predicted octanol–water partition coefficient (Wildman–Crippen LogP) is -0.852. The van der Waals surface area contributed by atoms with E-state index in [0.717, 1.165) is 12.8 Å². The molecule has 2 amide bonds. The number of likely N-dealkylation sites (N-methyl/N-ethyl adjacent to an activating group) is 1.